The molecule has 0 bridgehead atoms. The van der Waals surface area contributed by atoms with Gasteiger partial charge in [-0.05, 0) is 12.8 Å². The van der Waals surface area contributed by atoms with Crippen LogP contribution in [0.15, 0.2) is 0 Å². The van der Waals surface area contributed by atoms with Crippen LogP contribution in [0.3, 0.4) is 0 Å². The molecule has 172 valence electrons. The number of unbranched alkanes of at least 4 members (excludes halogenated alkanes) is 14. The van der Waals surface area contributed by atoms with Crippen molar-refractivity contribution in [2.75, 3.05) is 0 Å². The van der Waals surface area contributed by atoms with Crippen LogP contribution in [0.25, 0.3) is 0 Å². The van der Waals surface area contributed by atoms with Gasteiger partial charge in [0.2, 0.25) is 11.8 Å². The monoisotopic (exact) mass is 412 g/mol. The predicted octanol–water partition coefficient (Wildman–Crippen LogP) is 5.77. The fraction of sp³-hybridized carbons (Fsp3) is 0.917. The fourth-order valence-corrected chi connectivity index (χ4v) is 3.68. The van der Waals surface area contributed by atoms with Crippen LogP contribution in [0.4, 0.5) is 0 Å². The van der Waals surface area contributed by atoms with E-state index in [9.17, 15) is 9.59 Å². The van der Waals surface area contributed by atoms with E-state index in [1.165, 1.54) is 77.0 Å². The standard InChI is InChI=1S/C24H48N2O3/c1-3-5-7-9-11-13-15-17-19-21(23(25)27)29-22(24(26)28)20-18-16-14-12-10-8-6-4-2/h21-22H,3-20H2,1-2H3,(H2,25,27)(H2,26,28). The first-order valence-electron chi connectivity index (χ1n) is 12.3. The maximum Gasteiger partial charge on any atom is 0.246 e. The maximum atomic E-state index is 11.7. The van der Waals surface area contributed by atoms with Crippen molar-refractivity contribution < 1.29 is 14.3 Å². The summed E-state index contributed by atoms with van der Waals surface area (Å²) in [6.45, 7) is 4.44. The number of primary amides is 2. The zero-order valence-electron chi connectivity index (χ0n) is 19.3. The van der Waals surface area contributed by atoms with Crippen LogP contribution in [0, 0.1) is 0 Å². The Kier molecular flexibility index (Phi) is 19.4. The van der Waals surface area contributed by atoms with Gasteiger partial charge in [-0.25, -0.2) is 0 Å². The van der Waals surface area contributed by atoms with Gasteiger partial charge in [-0.3, -0.25) is 9.59 Å². The quantitative estimate of drug-likeness (QED) is 0.221. The lowest BCUT2D eigenvalue weighted by Gasteiger charge is -2.21. The van der Waals surface area contributed by atoms with E-state index < -0.39 is 24.0 Å². The van der Waals surface area contributed by atoms with Crippen molar-refractivity contribution in [3.63, 3.8) is 0 Å². The van der Waals surface area contributed by atoms with Crippen LogP contribution in [-0.4, -0.2) is 24.0 Å². The fourth-order valence-electron chi connectivity index (χ4n) is 3.68. The highest BCUT2D eigenvalue weighted by Gasteiger charge is 2.24. The van der Waals surface area contributed by atoms with E-state index in [4.69, 9.17) is 16.2 Å². The van der Waals surface area contributed by atoms with Crippen molar-refractivity contribution in [2.45, 2.75) is 142 Å². The minimum absolute atomic E-state index is 0.491. The first kappa shape index (κ1) is 27.9. The molecule has 0 saturated carbocycles. The topological polar surface area (TPSA) is 95.4 Å². The van der Waals surface area contributed by atoms with Crippen LogP contribution in [0.2, 0.25) is 0 Å². The number of carbonyl (C=O) groups excluding carboxylic acids is 2. The van der Waals surface area contributed by atoms with Crippen LogP contribution >= 0.6 is 0 Å². The van der Waals surface area contributed by atoms with E-state index in [0.29, 0.717) is 12.8 Å². The molecule has 0 aromatic carbocycles. The third-order valence-electron chi connectivity index (χ3n) is 5.60. The summed E-state index contributed by atoms with van der Waals surface area (Å²) in [6, 6.07) is 0. The number of ether oxygens (including phenoxy) is 1. The average molecular weight is 413 g/mol. The summed E-state index contributed by atoms with van der Waals surface area (Å²) in [6.07, 6.45) is 18.8. The van der Waals surface area contributed by atoms with Crippen molar-refractivity contribution in [2.24, 2.45) is 11.5 Å². The summed E-state index contributed by atoms with van der Waals surface area (Å²) in [7, 11) is 0. The molecule has 2 amide bonds. The first-order valence-corrected chi connectivity index (χ1v) is 12.3. The molecule has 29 heavy (non-hydrogen) atoms. The molecule has 0 radical (unpaired) electrons. The van der Waals surface area contributed by atoms with Crippen molar-refractivity contribution in [3.05, 3.63) is 0 Å². The van der Waals surface area contributed by atoms with Crippen molar-refractivity contribution in [1.29, 1.82) is 0 Å². The number of carbonyl (C=O) groups is 2. The smallest absolute Gasteiger partial charge is 0.246 e. The summed E-state index contributed by atoms with van der Waals surface area (Å²) >= 11 is 0. The minimum atomic E-state index is -0.707. The molecule has 0 aliphatic carbocycles. The zero-order valence-corrected chi connectivity index (χ0v) is 19.3. The molecule has 0 spiro atoms. The summed E-state index contributed by atoms with van der Waals surface area (Å²) in [5, 5.41) is 0. The first-order chi connectivity index (χ1) is 14.0. The summed E-state index contributed by atoms with van der Waals surface area (Å²) in [4.78, 5) is 23.5. The SMILES string of the molecule is CCCCCCCCCCC(OC(CCCCCCCCCC)C(N)=O)C(N)=O. The summed E-state index contributed by atoms with van der Waals surface area (Å²) in [5.41, 5.74) is 11.0. The van der Waals surface area contributed by atoms with Gasteiger partial charge in [-0.1, -0.05) is 117 Å². The van der Waals surface area contributed by atoms with Gasteiger partial charge in [-0.15, -0.1) is 0 Å². The zero-order chi connectivity index (χ0) is 21.7. The second-order valence-electron chi connectivity index (χ2n) is 8.45. The van der Waals surface area contributed by atoms with E-state index in [-0.39, 0.29) is 0 Å². The number of amides is 2. The molecule has 4 N–H and O–H groups in total. The molecule has 0 fully saturated rings. The van der Waals surface area contributed by atoms with Gasteiger partial charge in [0.25, 0.3) is 0 Å². The highest BCUT2D eigenvalue weighted by molar-refractivity contribution is 5.81. The molecule has 2 unspecified atom stereocenters. The molecular weight excluding hydrogens is 364 g/mol. The molecule has 0 saturated heterocycles. The Balaban J connectivity index is 4.02. The molecule has 0 aliphatic rings. The lowest BCUT2D eigenvalue weighted by atomic mass is 10.0. The molecule has 0 heterocycles. The Labute approximate surface area is 179 Å². The lowest BCUT2D eigenvalue weighted by molar-refractivity contribution is -0.143. The average Bonchev–Trinajstić information content (AvgIpc) is 2.69. The van der Waals surface area contributed by atoms with Gasteiger partial charge < -0.3 is 16.2 Å². The van der Waals surface area contributed by atoms with Crippen LogP contribution in [0.5, 0.6) is 0 Å². The molecule has 5 heteroatoms. The number of hydrogen-bond donors (Lipinski definition) is 2. The Hall–Kier alpha value is -1.10. The van der Waals surface area contributed by atoms with E-state index in [0.717, 1.165) is 25.7 Å². The predicted molar refractivity (Wildman–Crippen MR) is 122 cm³/mol. The highest BCUT2D eigenvalue weighted by atomic mass is 16.5. The normalized spacial score (nSPS) is 13.3. The molecule has 0 aliphatic heterocycles. The van der Waals surface area contributed by atoms with Crippen LogP contribution in [-0.2, 0) is 14.3 Å². The van der Waals surface area contributed by atoms with Crippen LogP contribution in [0.1, 0.15) is 129 Å². The second kappa shape index (κ2) is 20.2. The van der Waals surface area contributed by atoms with E-state index >= 15 is 0 Å². The Morgan fingerprint density at radius 1 is 0.552 bits per heavy atom. The summed E-state index contributed by atoms with van der Waals surface area (Å²) in [5.74, 6) is -0.981. The Morgan fingerprint density at radius 3 is 1.10 bits per heavy atom. The second-order valence-corrected chi connectivity index (χ2v) is 8.45. The molecule has 2 atom stereocenters. The number of rotatable bonds is 22. The van der Waals surface area contributed by atoms with Crippen LogP contribution < -0.4 is 11.5 Å². The van der Waals surface area contributed by atoms with Gasteiger partial charge in [0, 0.05) is 0 Å². The van der Waals surface area contributed by atoms with Gasteiger partial charge in [0.1, 0.15) is 12.2 Å². The third kappa shape index (κ3) is 17.5. The molecular formula is C24H48N2O3. The third-order valence-corrected chi connectivity index (χ3v) is 5.60. The van der Waals surface area contributed by atoms with Crippen molar-refractivity contribution in [3.8, 4) is 0 Å². The summed E-state index contributed by atoms with van der Waals surface area (Å²) < 4.78 is 5.74. The number of hydrogen-bond acceptors (Lipinski definition) is 3. The van der Waals surface area contributed by atoms with Gasteiger partial charge in [-0.2, -0.15) is 0 Å². The Bertz CT molecular complexity index is 366. The lowest BCUT2D eigenvalue weighted by Crippen LogP contribution is -2.40. The van der Waals surface area contributed by atoms with E-state index in [2.05, 4.69) is 13.8 Å². The minimum Gasteiger partial charge on any atom is -0.367 e. The van der Waals surface area contributed by atoms with Crippen molar-refractivity contribution in [1.82, 2.24) is 0 Å². The maximum absolute atomic E-state index is 11.7. The van der Waals surface area contributed by atoms with Gasteiger partial charge >= 0.3 is 0 Å². The van der Waals surface area contributed by atoms with Gasteiger partial charge in [0.05, 0.1) is 0 Å². The molecule has 5 nitrogen and oxygen atoms in total. The van der Waals surface area contributed by atoms with Crippen molar-refractivity contribution >= 4 is 11.8 Å². The molecule has 0 aromatic rings. The Morgan fingerprint density at radius 2 is 0.828 bits per heavy atom. The molecule has 0 aromatic heterocycles. The van der Waals surface area contributed by atoms with E-state index in [1.807, 2.05) is 0 Å². The van der Waals surface area contributed by atoms with Gasteiger partial charge in [0.15, 0.2) is 0 Å². The number of nitrogens with two attached hydrogens (primary N) is 2. The van der Waals surface area contributed by atoms with E-state index in [1.54, 1.807) is 0 Å². The molecule has 0 rings (SSSR count). The largest absolute Gasteiger partial charge is 0.367 e. The highest BCUT2D eigenvalue weighted by Crippen LogP contribution is 2.16.